The molecule has 1 nitrogen and oxygen atoms in total. The number of hydrogen-bond acceptors (Lipinski definition) is 1. The number of anilines is 1. The molecule has 2 aromatic carbocycles. The Hall–Kier alpha value is -0.990. The van der Waals surface area contributed by atoms with Gasteiger partial charge in [0.25, 0.3) is 0 Å². The Morgan fingerprint density at radius 3 is 2.47 bits per heavy atom. The Bertz CT molecular complexity index is 508. The fourth-order valence-corrected chi connectivity index (χ4v) is 2.11. The second kappa shape index (κ2) is 5.56. The van der Waals surface area contributed by atoms with Gasteiger partial charge in [-0.25, -0.2) is 0 Å². The molecule has 3 heteroatoms. The summed E-state index contributed by atoms with van der Waals surface area (Å²) in [5, 5.41) is 4.17. The van der Waals surface area contributed by atoms with E-state index < -0.39 is 0 Å². The molecule has 0 aliphatic carbocycles. The van der Waals surface area contributed by atoms with E-state index in [2.05, 4.69) is 46.4 Å². The van der Waals surface area contributed by atoms with E-state index in [-0.39, 0.29) is 0 Å². The molecule has 0 unspecified atom stereocenters. The molecular formula is C14H13BrClN. The van der Waals surface area contributed by atoms with Crippen molar-refractivity contribution in [3.8, 4) is 0 Å². The molecule has 0 saturated carbocycles. The number of rotatable bonds is 3. The molecule has 2 aromatic rings. The van der Waals surface area contributed by atoms with Crippen molar-refractivity contribution >= 4 is 33.2 Å². The second-order valence-corrected chi connectivity index (χ2v) is 5.28. The SMILES string of the molecule is Cc1cc(Cl)ccc1CNc1ccc(Br)cc1. The number of aryl methyl sites for hydroxylation is 1. The maximum absolute atomic E-state index is 5.93. The van der Waals surface area contributed by atoms with Crippen molar-refractivity contribution in [2.75, 3.05) is 5.32 Å². The first-order valence-electron chi connectivity index (χ1n) is 5.39. The molecule has 0 spiro atoms. The third-order valence-corrected chi connectivity index (χ3v) is 3.40. The molecule has 0 fully saturated rings. The zero-order valence-electron chi connectivity index (χ0n) is 9.50. The first-order chi connectivity index (χ1) is 8.15. The summed E-state index contributed by atoms with van der Waals surface area (Å²) in [4.78, 5) is 0. The van der Waals surface area contributed by atoms with Gasteiger partial charge in [-0.15, -0.1) is 0 Å². The van der Waals surface area contributed by atoms with Gasteiger partial charge in [0.05, 0.1) is 0 Å². The van der Waals surface area contributed by atoms with Crippen LogP contribution in [0.15, 0.2) is 46.9 Å². The zero-order chi connectivity index (χ0) is 12.3. The monoisotopic (exact) mass is 309 g/mol. The maximum Gasteiger partial charge on any atom is 0.0408 e. The second-order valence-electron chi connectivity index (χ2n) is 3.93. The molecule has 0 heterocycles. The van der Waals surface area contributed by atoms with E-state index in [0.717, 1.165) is 21.7 Å². The summed E-state index contributed by atoms with van der Waals surface area (Å²) < 4.78 is 1.09. The maximum atomic E-state index is 5.93. The molecule has 0 radical (unpaired) electrons. The molecule has 0 saturated heterocycles. The summed E-state index contributed by atoms with van der Waals surface area (Å²) in [6.07, 6.45) is 0. The van der Waals surface area contributed by atoms with Gasteiger partial charge in [-0.2, -0.15) is 0 Å². The van der Waals surface area contributed by atoms with Gasteiger partial charge in [0.15, 0.2) is 0 Å². The van der Waals surface area contributed by atoms with Crippen LogP contribution in [0, 0.1) is 6.92 Å². The highest BCUT2D eigenvalue weighted by Crippen LogP contribution is 2.18. The van der Waals surface area contributed by atoms with Crippen molar-refractivity contribution in [2.24, 2.45) is 0 Å². The van der Waals surface area contributed by atoms with Crippen LogP contribution in [0.4, 0.5) is 5.69 Å². The average molecular weight is 311 g/mol. The van der Waals surface area contributed by atoms with Crippen molar-refractivity contribution in [1.82, 2.24) is 0 Å². The summed E-state index contributed by atoms with van der Waals surface area (Å²) in [5.41, 5.74) is 3.59. The number of nitrogens with one attached hydrogen (secondary N) is 1. The molecule has 88 valence electrons. The fraction of sp³-hybridized carbons (Fsp3) is 0.143. The first-order valence-corrected chi connectivity index (χ1v) is 6.57. The molecule has 0 aliphatic heterocycles. The number of halogens is 2. The van der Waals surface area contributed by atoms with Crippen LogP contribution in [-0.4, -0.2) is 0 Å². The van der Waals surface area contributed by atoms with Crippen LogP contribution in [0.3, 0.4) is 0 Å². The molecule has 17 heavy (non-hydrogen) atoms. The minimum absolute atomic E-state index is 0.787. The van der Waals surface area contributed by atoms with Crippen molar-refractivity contribution < 1.29 is 0 Å². The van der Waals surface area contributed by atoms with Gasteiger partial charge in [-0.05, 0) is 54.4 Å². The molecule has 0 amide bonds. The fourth-order valence-electron chi connectivity index (χ4n) is 1.62. The average Bonchev–Trinajstić information content (AvgIpc) is 2.30. The summed E-state index contributed by atoms with van der Waals surface area (Å²) in [7, 11) is 0. The normalized spacial score (nSPS) is 10.3. The van der Waals surface area contributed by atoms with Gasteiger partial charge >= 0.3 is 0 Å². The van der Waals surface area contributed by atoms with Gasteiger partial charge in [0, 0.05) is 21.7 Å². The predicted molar refractivity (Wildman–Crippen MR) is 77.7 cm³/mol. The van der Waals surface area contributed by atoms with E-state index in [4.69, 9.17) is 11.6 Å². The van der Waals surface area contributed by atoms with E-state index in [1.165, 1.54) is 11.1 Å². The molecular weight excluding hydrogens is 298 g/mol. The minimum atomic E-state index is 0.787. The van der Waals surface area contributed by atoms with E-state index in [1.807, 2.05) is 24.3 Å². The highest BCUT2D eigenvalue weighted by atomic mass is 79.9. The summed E-state index contributed by atoms with van der Waals surface area (Å²) in [6.45, 7) is 2.88. The smallest absolute Gasteiger partial charge is 0.0408 e. The topological polar surface area (TPSA) is 12.0 Å². The van der Waals surface area contributed by atoms with Crippen molar-refractivity contribution in [1.29, 1.82) is 0 Å². The molecule has 0 aromatic heterocycles. The number of hydrogen-bond donors (Lipinski definition) is 1. The van der Waals surface area contributed by atoms with E-state index in [9.17, 15) is 0 Å². The molecule has 0 atom stereocenters. The molecule has 0 aliphatic rings. The molecule has 1 N–H and O–H groups in total. The van der Waals surface area contributed by atoms with Gasteiger partial charge in [0.1, 0.15) is 0 Å². The third kappa shape index (κ3) is 3.48. The number of benzene rings is 2. The van der Waals surface area contributed by atoms with E-state index >= 15 is 0 Å². The lowest BCUT2D eigenvalue weighted by atomic mass is 10.1. The summed E-state index contributed by atoms with van der Waals surface area (Å²) >= 11 is 9.34. The van der Waals surface area contributed by atoms with E-state index in [1.54, 1.807) is 0 Å². The highest BCUT2D eigenvalue weighted by Gasteiger charge is 1.99. The predicted octanol–water partition coefficient (Wildman–Crippen LogP) is 5.02. The molecule has 2 rings (SSSR count). The van der Waals surface area contributed by atoms with Crippen LogP contribution in [0.25, 0.3) is 0 Å². The highest BCUT2D eigenvalue weighted by molar-refractivity contribution is 9.10. The van der Waals surface area contributed by atoms with Gasteiger partial charge < -0.3 is 5.32 Å². The Labute approximate surface area is 115 Å². The largest absolute Gasteiger partial charge is 0.381 e. The van der Waals surface area contributed by atoms with Gasteiger partial charge in [-0.3, -0.25) is 0 Å². The Kier molecular flexibility index (Phi) is 4.08. The summed E-state index contributed by atoms with van der Waals surface area (Å²) in [5.74, 6) is 0. The minimum Gasteiger partial charge on any atom is -0.381 e. The van der Waals surface area contributed by atoms with Crippen LogP contribution in [0.2, 0.25) is 5.02 Å². The van der Waals surface area contributed by atoms with Crippen molar-refractivity contribution in [3.05, 3.63) is 63.1 Å². The third-order valence-electron chi connectivity index (χ3n) is 2.63. The summed E-state index contributed by atoms with van der Waals surface area (Å²) in [6, 6.07) is 14.1. The lowest BCUT2D eigenvalue weighted by Gasteiger charge is -2.09. The van der Waals surface area contributed by atoms with Crippen LogP contribution in [-0.2, 0) is 6.54 Å². The van der Waals surface area contributed by atoms with Gasteiger partial charge in [0.2, 0.25) is 0 Å². The van der Waals surface area contributed by atoms with Crippen LogP contribution in [0.5, 0.6) is 0 Å². The Balaban J connectivity index is 2.04. The van der Waals surface area contributed by atoms with Crippen LogP contribution < -0.4 is 5.32 Å². The van der Waals surface area contributed by atoms with Crippen LogP contribution in [0.1, 0.15) is 11.1 Å². The Morgan fingerprint density at radius 2 is 1.82 bits per heavy atom. The van der Waals surface area contributed by atoms with Gasteiger partial charge in [-0.1, -0.05) is 33.6 Å². The first kappa shape index (κ1) is 12.5. The lowest BCUT2D eigenvalue weighted by Crippen LogP contribution is -2.00. The van der Waals surface area contributed by atoms with Crippen molar-refractivity contribution in [3.63, 3.8) is 0 Å². The van der Waals surface area contributed by atoms with E-state index in [0.29, 0.717) is 0 Å². The van der Waals surface area contributed by atoms with Crippen molar-refractivity contribution in [2.45, 2.75) is 13.5 Å². The van der Waals surface area contributed by atoms with Crippen LogP contribution >= 0.6 is 27.5 Å². The quantitative estimate of drug-likeness (QED) is 0.839. The Morgan fingerprint density at radius 1 is 1.12 bits per heavy atom. The lowest BCUT2D eigenvalue weighted by molar-refractivity contribution is 1.12. The molecule has 0 bridgehead atoms. The zero-order valence-corrected chi connectivity index (χ0v) is 11.8. The standard InChI is InChI=1S/C14H13BrClN/c1-10-8-13(16)5-2-11(10)9-17-14-6-3-12(15)4-7-14/h2-8,17H,9H2,1H3.